The molecule has 27 heavy (non-hydrogen) atoms. The molecule has 6 heteroatoms. The molecule has 0 saturated carbocycles. The number of unbranched alkanes of at least 4 members (excludes halogenated alkanes) is 1. The van der Waals surface area contributed by atoms with E-state index in [1.807, 2.05) is 24.3 Å². The van der Waals surface area contributed by atoms with Crippen LogP contribution in [0, 0.1) is 0 Å². The first-order valence-corrected chi connectivity index (χ1v) is 9.13. The number of ketones is 1. The molecule has 2 aliphatic rings. The number of carbonyl (C=O) groups is 2. The molecule has 0 fully saturated rings. The van der Waals surface area contributed by atoms with Crippen LogP contribution in [0.1, 0.15) is 47.4 Å². The van der Waals surface area contributed by atoms with Crippen molar-refractivity contribution in [2.45, 2.75) is 25.8 Å². The van der Waals surface area contributed by atoms with Crippen molar-refractivity contribution in [2.75, 3.05) is 13.7 Å². The third-order valence-corrected chi connectivity index (χ3v) is 4.93. The van der Waals surface area contributed by atoms with Crippen LogP contribution >= 0.6 is 0 Å². The quantitative estimate of drug-likeness (QED) is 0.825. The molecule has 2 amide bonds. The molecule has 0 bridgehead atoms. The van der Waals surface area contributed by atoms with E-state index >= 15 is 0 Å². The van der Waals surface area contributed by atoms with Crippen LogP contribution in [0.15, 0.2) is 48.2 Å². The average molecular weight is 363 g/mol. The lowest BCUT2D eigenvalue weighted by atomic mass is 9.94. The number of hydrogen-bond acceptors (Lipinski definition) is 4. The van der Waals surface area contributed by atoms with Crippen LogP contribution < -0.4 is 10.1 Å². The van der Waals surface area contributed by atoms with Crippen molar-refractivity contribution in [3.63, 3.8) is 0 Å². The third kappa shape index (κ3) is 2.87. The Kier molecular flexibility index (Phi) is 4.39. The molecule has 0 spiro atoms. The SMILES string of the molecule is CCCCOc1cccc(C2NC(=O)N(C)C3=C2C(=O)c2cccnc23)c1. The lowest BCUT2D eigenvalue weighted by Crippen LogP contribution is -2.44. The monoisotopic (exact) mass is 363 g/mol. The largest absolute Gasteiger partial charge is 0.494 e. The standard InChI is InChI=1S/C21H21N3O3/c1-3-4-11-27-14-8-5-7-13(12-14)17-16-19(24(2)21(26)23-17)18-15(20(16)25)9-6-10-22-18/h5-10,12,17H,3-4,11H2,1-2H3,(H,23,26). The number of Topliss-reactive ketones (excluding diaryl/α,β-unsaturated/α-hetero) is 1. The predicted octanol–water partition coefficient (Wildman–Crippen LogP) is 3.56. The van der Waals surface area contributed by atoms with E-state index < -0.39 is 6.04 Å². The number of fused-ring (bicyclic) bond motifs is 2. The van der Waals surface area contributed by atoms with E-state index in [-0.39, 0.29) is 11.8 Å². The number of benzene rings is 1. The van der Waals surface area contributed by atoms with Crippen molar-refractivity contribution >= 4 is 17.5 Å². The minimum absolute atomic E-state index is 0.0951. The maximum absolute atomic E-state index is 13.1. The smallest absolute Gasteiger partial charge is 0.322 e. The molecule has 1 aliphatic heterocycles. The summed E-state index contributed by atoms with van der Waals surface area (Å²) in [5.74, 6) is 0.639. The van der Waals surface area contributed by atoms with Gasteiger partial charge in [-0.2, -0.15) is 0 Å². The van der Waals surface area contributed by atoms with Gasteiger partial charge in [-0.15, -0.1) is 0 Å². The Balaban J connectivity index is 1.75. The Morgan fingerprint density at radius 1 is 1.22 bits per heavy atom. The van der Waals surface area contributed by atoms with Crippen LogP contribution in [0.5, 0.6) is 5.75 Å². The number of carbonyl (C=O) groups excluding carboxylic acids is 2. The maximum Gasteiger partial charge on any atom is 0.322 e. The lowest BCUT2D eigenvalue weighted by molar-refractivity contribution is 0.102. The Morgan fingerprint density at radius 2 is 2.07 bits per heavy atom. The van der Waals surface area contributed by atoms with Crippen molar-refractivity contribution in [1.82, 2.24) is 15.2 Å². The molecule has 1 aliphatic carbocycles. The highest BCUT2D eigenvalue weighted by molar-refractivity contribution is 6.22. The van der Waals surface area contributed by atoms with E-state index in [0.717, 1.165) is 24.2 Å². The Labute approximate surface area is 157 Å². The van der Waals surface area contributed by atoms with Crippen LogP contribution in [0.4, 0.5) is 4.79 Å². The highest BCUT2D eigenvalue weighted by Gasteiger charge is 2.43. The summed E-state index contributed by atoms with van der Waals surface area (Å²) in [6.07, 6.45) is 3.67. The molecular weight excluding hydrogens is 342 g/mol. The summed E-state index contributed by atoms with van der Waals surface area (Å²) in [4.78, 5) is 31.4. The van der Waals surface area contributed by atoms with E-state index in [4.69, 9.17) is 4.74 Å². The van der Waals surface area contributed by atoms with Gasteiger partial charge in [-0.1, -0.05) is 25.5 Å². The molecule has 1 aromatic carbocycles. The minimum atomic E-state index is -0.528. The van der Waals surface area contributed by atoms with Crippen molar-refractivity contribution in [1.29, 1.82) is 0 Å². The summed E-state index contributed by atoms with van der Waals surface area (Å²) in [6.45, 7) is 2.75. The average Bonchev–Trinajstić information content (AvgIpc) is 2.99. The lowest BCUT2D eigenvalue weighted by Gasteiger charge is -2.31. The number of hydrogen-bond donors (Lipinski definition) is 1. The highest BCUT2D eigenvalue weighted by atomic mass is 16.5. The first-order chi connectivity index (χ1) is 13.1. The zero-order chi connectivity index (χ0) is 19.0. The van der Waals surface area contributed by atoms with Gasteiger partial charge in [0.1, 0.15) is 5.75 Å². The second-order valence-electron chi connectivity index (χ2n) is 6.71. The first kappa shape index (κ1) is 17.3. The van der Waals surface area contributed by atoms with Gasteiger partial charge in [0.15, 0.2) is 5.78 Å². The van der Waals surface area contributed by atoms with Crippen molar-refractivity contribution in [2.24, 2.45) is 0 Å². The molecule has 138 valence electrons. The topological polar surface area (TPSA) is 71.5 Å². The Bertz CT molecular complexity index is 951. The number of urea groups is 1. The van der Waals surface area contributed by atoms with Crippen molar-refractivity contribution in [3.8, 4) is 5.75 Å². The predicted molar refractivity (Wildman–Crippen MR) is 101 cm³/mol. The number of amides is 2. The van der Waals surface area contributed by atoms with Gasteiger partial charge in [-0.3, -0.25) is 14.7 Å². The Morgan fingerprint density at radius 3 is 2.89 bits per heavy atom. The summed E-state index contributed by atoms with van der Waals surface area (Å²) in [7, 11) is 1.65. The van der Waals surface area contributed by atoms with Gasteiger partial charge < -0.3 is 10.1 Å². The fourth-order valence-corrected chi connectivity index (χ4v) is 3.53. The normalized spacial score (nSPS) is 18.3. The summed E-state index contributed by atoms with van der Waals surface area (Å²) in [6, 6.07) is 10.3. The first-order valence-electron chi connectivity index (χ1n) is 9.13. The molecule has 4 rings (SSSR count). The summed E-state index contributed by atoms with van der Waals surface area (Å²) in [5.41, 5.74) is 3.05. The van der Waals surface area contributed by atoms with Crippen LogP contribution in [0.3, 0.4) is 0 Å². The van der Waals surface area contributed by atoms with Crippen LogP contribution in [-0.2, 0) is 0 Å². The van der Waals surface area contributed by atoms with Gasteiger partial charge in [-0.05, 0) is 36.2 Å². The van der Waals surface area contributed by atoms with Gasteiger partial charge in [-0.25, -0.2) is 4.79 Å². The fraction of sp³-hybridized carbons (Fsp3) is 0.286. The van der Waals surface area contributed by atoms with Gasteiger partial charge in [0.25, 0.3) is 0 Å². The van der Waals surface area contributed by atoms with Crippen LogP contribution in [0.2, 0.25) is 0 Å². The molecule has 2 aromatic rings. The van der Waals surface area contributed by atoms with E-state index in [1.165, 1.54) is 4.90 Å². The molecule has 1 N–H and O–H groups in total. The molecule has 0 saturated heterocycles. The number of aromatic nitrogens is 1. The van der Waals surface area contributed by atoms with E-state index in [2.05, 4.69) is 17.2 Å². The molecule has 2 heterocycles. The third-order valence-electron chi connectivity index (χ3n) is 4.93. The second kappa shape index (κ2) is 6.87. The maximum atomic E-state index is 13.1. The van der Waals surface area contributed by atoms with E-state index in [0.29, 0.717) is 29.1 Å². The minimum Gasteiger partial charge on any atom is -0.494 e. The van der Waals surface area contributed by atoms with Gasteiger partial charge >= 0.3 is 6.03 Å². The van der Waals surface area contributed by atoms with Gasteiger partial charge in [0, 0.05) is 13.2 Å². The zero-order valence-corrected chi connectivity index (χ0v) is 15.4. The number of nitrogens with one attached hydrogen (secondary N) is 1. The van der Waals surface area contributed by atoms with E-state index in [1.54, 1.807) is 25.4 Å². The van der Waals surface area contributed by atoms with Crippen molar-refractivity contribution in [3.05, 3.63) is 65.0 Å². The number of pyridine rings is 1. The number of rotatable bonds is 5. The summed E-state index contributed by atoms with van der Waals surface area (Å²) in [5, 5.41) is 2.94. The van der Waals surface area contributed by atoms with Crippen LogP contribution in [-0.4, -0.2) is 35.4 Å². The number of nitrogens with zero attached hydrogens (tertiary/aromatic N) is 2. The molecule has 1 atom stereocenters. The molecule has 1 unspecified atom stereocenters. The summed E-state index contributed by atoms with van der Waals surface area (Å²) < 4.78 is 5.79. The fourth-order valence-electron chi connectivity index (χ4n) is 3.53. The second-order valence-corrected chi connectivity index (χ2v) is 6.71. The van der Waals surface area contributed by atoms with Gasteiger partial charge in [0.05, 0.1) is 35.2 Å². The van der Waals surface area contributed by atoms with Gasteiger partial charge in [0.2, 0.25) is 0 Å². The van der Waals surface area contributed by atoms with E-state index in [9.17, 15) is 9.59 Å². The zero-order valence-electron chi connectivity index (χ0n) is 15.4. The molecule has 1 aromatic heterocycles. The highest BCUT2D eigenvalue weighted by Crippen LogP contribution is 2.42. The molecule has 6 nitrogen and oxygen atoms in total. The van der Waals surface area contributed by atoms with Crippen molar-refractivity contribution < 1.29 is 14.3 Å². The molecular formula is C21H21N3O3. The molecule has 0 radical (unpaired) electrons. The Hall–Kier alpha value is -3.15. The van der Waals surface area contributed by atoms with Crippen LogP contribution in [0.25, 0.3) is 5.70 Å². The summed E-state index contributed by atoms with van der Waals surface area (Å²) >= 11 is 0. The number of ether oxygens (including phenoxy) is 1.